The zero-order chi connectivity index (χ0) is 13.2. The van der Waals surface area contributed by atoms with Crippen molar-refractivity contribution in [3.8, 4) is 5.75 Å². The first-order valence-electron chi connectivity index (χ1n) is 7.11. The molecule has 19 heavy (non-hydrogen) atoms. The first kappa shape index (κ1) is 12.6. The molecule has 0 aromatic heterocycles. The molecule has 1 aromatic rings. The summed E-state index contributed by atoms with van der Waals surface area (Å²) in [6, 6.07) is 6.58. The number of rotatable bonds is 2. The molecule has 1 aliphatic carbocycles. The van der Waals surface area contributed by atoms with Gasteiger partial charge in [-0.2, -0.15) is 0 Å². The number of anilines is 2. The molecule has 0 spiro atoms. The Bertz CT molecular complexity index is 448. The van der Waals surface area contributed by atoms with Gasteiger partial charge in [-0.1, -0.05) is 12.8 Å². The Morgan fingerprint density at radius 1 is 1.32 bits per heavy atom. The molecule has 3 rings (SSSR count). The molecule has 0 amide bonds. The Hall–Kier alpha value is -1.42. The van der Waals surface area contributed by atoms with Crippen molar-refractivity contribution in [1.29, 1.82) is 0 Å². The van der Waals surface area contributed by atoms with Gasteiger partial charge in [0.1, 0.15) is 5.75 Å². The molecule has 2 unspecified atom stereocenters. The topological polar surface area (TPSA) is 47.7 Å². The highest BCUT2D eigenvalue weighted by Gasteiger charge is 2.34. The van der Waals surface area contributed by atoms with Crippen molar-refractivity contribution in [2.24, 2.45) is 0 Å². The van der Waals surface area contributed by atoms with Gasteiger partial charge in [0, 0.05) is 18.3 Å². The first-order chi connectivity index (χ1) is 9.29. The van der Waals surface area contributed by atoms with Crippen molar-refractivity contribution in [3.63, 3.8) is 0 Å². The van der Waals surface area contributed by atoms with Crippen LogP contribution in [0.15, 0.2) is 18.2 Å². The van der Waals surface area contributed by atoms with Crippen molar-refractivity contribution in [3.05, 3.63) is 18.2 Å². The maximum absolute atomic E-state index is 5.92. The van der Waals surface area contributed by atoms with E-state index < -0.39 is 0 Å². The van der Waals surface area contributed by atoms with Gasteiger partial charge >= 0.3 is 0 Å². The van der Waals surface area contributed by atoms with Gasteiger partial charge in [-0.15, -0.1) is 0 Å². The van der Waals surface area contributed by atoms with Gasteiger partial charge in [-0.25, -0.2) is 0 Å². The van der Waals surface area contributed by atoms with E-state index in [9.17, 15) is 0 Å². The summed E-state index contributed by atoms with van der Waals surface area (Å²) in [4.78, 5) is 2.47. The molecule has 4 nitrogen and oxygen atoms in total. The zero-order valence-electron chi connectivity index (χ0n) is 11.5. The molecule has 2 aliphatic rings. The molecule has 1 heterocycles. The van der Waals surface area contributed by atoms with E-state index in [1.807, 2.05) is 12.1 Å². The average Bonchev–Trinajstić information content (AvgIpc) is 2.47. The highest BCUT2D eigenvalue weighted by Crippen LogP contribution is 2.34. The molecule has 104 valence electrons. The minimum atomic E-state index is 0.394. The lowest BCUT2D eigenvalue weighted by atomic mass is 9.90. The van der Waals surface area contributed by atoms with Crippen LogP contribution in [0.3, 0.4) is 0 Å². The minimum Gasteiger partial charge on any atom is -0.495 e. The Morgan fingerprint density at radius 3 is 3.00 bits per heavy atom. The van der Waals surface area contributed by atoms with Crippen LogP contribution >= 0.6 is 0 Å². The molecule has 1 saturated carbocycles. The first-order valence-corrected chi connectivity index (χ1v) is 7.11. The molecule has 4 heteroatoms. The van der Waals surface area contributed by atoms with E-state index in [-0.39, 0.29) is 0 Å². The smallest absolute Gasteiger partial charge is 0.143 e. The van der Waals surface area contributed by atoms with Gasteiger partial charge in [0.05, 0.1) is 31.5 Å². The minimum absolute atomic E-state index is 0.394. The summed E-state index contributed by atoms with van der Waals surface area (Å²) >= 11 is 0. The van der Waals surface area contributed by atoms with Crippen molar-refractivity contribution in [2.45, 2.75) is 37.8 Å². The third-order valence-corrected chi connectivity index (χ3v) is 4.28. The second-order valence-electron chi connectivity index (χ2n) is 5.38. The summed E-state index contributed by atoms with van der Waals surface area (Å²) in [7, 11) is 1.66. The van der Waals surface area contributed by atoms with Crippen molar-refractivity contribution in [1.82, 2.24) is 0 Å². The van der Waals surface area contributed by atoms with Gasteiger partial charge in [0.2, 0.25) is 0 Å². The molecular formula is C15H22N2O2. The van der Waals surface area contributed by atoms with Crippen LogP contribution in [0.25, 0.3) is 0 Å². The number of hydrogen-bond acceptors (Lipinski definition) is 4. The lowest BCUT2D eigenvalue weighted by Crippen LogP contribution is -2.52. The van der Waals surface area contributed by atoms with Crippen molar-refractivity contribution < 1.29 is 9.47 Å². The van der Waals surface area contributed by atoms with Crippen LogP contribution in [-0.2, 0) is 4.74 Å². The number of methoxy groups -OCH3 is 1. The zero-order valence-corrected chi connectivity index (χ0v) is 11.5. The fraction of sp³-hybridized carbons (Fsp3) is 0.600. The summed E-state index contributed by atoms with van der Waals surface area (Å²) in [5.74, 6) is 0.761. The summed E-state index contributed by atoms with van der Waals surface area (Å²) in [6.45, 7) is 1.77. The van der Waals surface area contributed by atoms with Crippen LogP contribution in [-0.4, -0.2) is 32.4 Å². The van der Waals surface area contributed by atoms with E-state index in [1.165, 1.54) is 31.4 Å². The van der Waals surface area contributed by atoms with E-state index in [4.69, 9.17) is 15.2 Å². The monoisotopic (exact) mass is 262 g/mol. The quantitative estimate of drug-likeness (QED) is 0.832. The molecule has 1 aromatic carbocycles. The molecular weight excluding hydrogens is 240 g/mol. The average molecular weight is 262 g/mol. The highest BCUT2D eigenvalue weighted by molar-refractivity contribution is 5.63. The van der Waals surface area contributed by atoms with Gasteiger partial charge < -0.3 is 20.1 Å². The number of nitrogens with two attached hydrogens (primary N) is 1. The fourth-order valence-electron chi connectivity index (χ4n) is 3.30. The Kier molecular flexibility index (Phi) is 3.51. The van der Waals surface area contributed by atoms with Crippen LogP contribution in [0, 0.1) is 0 Å². The summed E-state index contributed by atoms with van der Waals surface area (Å²) in [5, 5.41) is 0. The number of morpholine rings is 1. The Morgan fingerprint density at radius 2 is 2.16 bits per heavy atom. The van der Waals surface area contributed by atoms with Gasteiger partial charge in [-0.3, -0.25) is 0 Å². The summed E-state index contributed by atoms with van der Waals surface area (Å²) in [6.07, 6.45) is 5.39. The van der Waals surface area contributed by atoms with E-state index in [1.54, 1.807) is 7.11 Å². The number of nitrogens with zero attached hydrogens (tertiary/aromatic N) is 1. The van der Waals surface area contributed by atoms with E-state index in [0.29, 0.717) is 17.8 Å². The van der Waals surface area contributed by atoms with Crippen LogP contribution in [0.5, 0.6) is 5.75 Å². The van der Waals surface area contributed by atoms with Gasteiger partial charge in [0.25, 0.3) is 0 Å². The predicted octanol–water partition coefficient (Wildman–Crippen LogP) is 2.43. The van der Waals surface area contributed by atoms with Crippen LogP contribution < -0.4 is 15.4 Å². The molecule has 1 saturated heterocycles. The molecule has 0 radical (unpaired) electrons. The lowest BCUT2D eigenvalue weighted by molar-refractivity contribution is -0.00868. The second kappa shape index (κ2) is 5.29. The van der Waals surface area contributed by atoms with Gasteiger partial charge in [-0.05, 0) is 25.0 Å². The van der Waals surface area contributed by atoms with Crippen molar-refractivity contribution in [2.75, 3.05) is 30.9 Å². The molecule has 2 atom stereocenters. The Labute approximate surface area is 114 Å². The Balaban J connectivity index is 1.87. The SMILES string of the molecule is COc1cc(N2CCOC3CCCCC32)ccc1N. The number of ether oxygens (including phenoxy) is 2. The predicted molar refractivity (Wildman–Crippen MR) is 76.7 cm³/mol. The number of nitrogen functional groups attached to an aromatic ring is 1. The second-order valence-corrected chi connectivity index (χ2v) is 5.38. The normalized spacial score (nSPS) is 26.9. The van der Waals surface area contributed by atoms with E-state index >= 15 is 0 Å². The van der Waals surface area contributed by atoms with Crippen LogP contribution in [0.1, 0.15) is 25.7 Å². The molecule has 1 aliphatic heterocycles. The number of fused-ring (bicyclic) bond motifs is 1. The lowest BCUT2D eigenvalue weighted by Gasteiger charge is -2.45. The molecule has 0 bridgehead atoms. The molecule has 2 N–H and O–H groups in total. The van der Waals surface area contributed by atoms with E-state index in [2.05, 4.69) is 11.0 Å². The highest BCUT2D eigenvalue weighted by atomic mass is 16.5. The largest absolute Gasteiger partial charge is 0.495 e. The maximum atomic E-state index is 5.92. The summed E-state index contributed by atoms with van der Waals surface area (Å²) in [5.41, 5.74) is 7.79. The van der Waals surface area contributed by atoms with E-state index in [0.717, 1.165) is 18.9 Å². The fourth-order valence-corrected chi connectivity index (χ4v) is 3.30. The van der Waals surface area contributed by atoms with Crippen LogP contribution in [0.2, 0.25) is 0 Å². The van der Waals surface area contributed by atoms with Crippen molar-refractivity contribution >= 4 is 11.4 Å². The standard InChI is InChI=1S/C15H22N2O2/c1-18-15-10-11(6-7-12(15)16)17-8-9-19-14-5-3-2-4-13(14)17/h6-7,10,13-14H,2-5,8-9,16H2,1H3. The number of hydrogen-bond donors (Lipinski definition) is 1. The van der Waals surface area contributed by atoms with Crippen LogP contribution in [0.4, 0.5) is 11.4 Å². The van der Waals surface area contributed by atoms with Gasteiger partial charge in [0.15, 0.2) is 0 Å². The maximum Gasteiger partial charge on any atom is 0.143 e. The molecule has 2 fully saturated rings. The number of benzene rings is 1. The third-order valence-electron chi connectivity index (χ3n) is 4.28. The summed E-state index contributed by atoms with van der Waals surface area (Å²) < 4.78 is 11.2. The third kappa shape index (κ3) is 2.37.